The normalized spacial score (nSPS) is 13.1. The lowest BCUT2D eigenvalue weighted by atomic mass is 9.95. The van der Waals surface area contributed by atoms with Gasteiger partial charge in [0.2, 0.25) is 0 Å². The number of H-pyrrole nitrogens is 1. The Morgan fingerprint density at radius 1 is 1.33 bits per heavy atom. The number of imidazole rings is 1. The second-order valence-electron chi connectivity index (χ2n) is 4.46. The van der Waals surface area contributed by atoms with Gasteiger partial charge in [-0.15, -0.1) is 0 Å². The van der Waals surface area contributed by atoms with E-state index in [4.69, 9.17) is 0 Å². The van der Waals surface area contributed by atoms with Crippen molar-refractivity contribution >= 4 is 0 Å². The van der Waals surface area contributed by atoms with E-state index in [1.54, 1.807) is 0 Å². The molecule has 0 radical (unpaired) electrons. The van der Waals surface area contributed by atoms with Crippen molar-refractivity contribution in [3.05, 3.63) is 17.7 Å². The fraction of sp³-hybridized carbons (Fsp3) is 0.769. The average molecular weight is 209 g/mol. The van der Waals surface area contributed by atoms with Crippen molar-refractivity contribution in [2.45, 2.75) is 58.8 Å². The molecule has 2 heteroatoms. The third kappa shape index (κ3) is 3.08. The molecule has 15 heavy (non-hydrogen) atoms. The van der Waals surface area contributed by atoms with Gasteiger partial charge in [-0.25, -0.2) is 9.55 Å². The van der Waals surface area contributed by atoms with Crippen molar-refractivity contribution in [1.29, 1.82) is 0 Å². The minimum atomic E-state index is 0.728. The van der Waals surface area contributed by atoms with Gasteiger partial charge in [-0.1, -0.05) is 33.1 Å². The number of nitrogens with one attached hydrogen (secondary N) is 1. The standard InChI is InChI=1S/C13H24N2/c1-5-7-8-9-12(6-2)13-10-14-11(3)15(13)4/h10,12H,5-9H2,1-4H3/p+1. The Balaban J connectivity index is 2.61. The maximum absolute atomic E-state index is 3.31. The van der Waals surface area contributed by atoms with Crippen LogP contribution in [-0.2, 0) is 7.05 Å². The van der Waals surface area contributed by atoms with E-state index < -0.39 is 0 Å². The van der Waals surface area contributed by atoms with Gasteiger partial charge >= 0.3 is 0 Å². The van der Waals surface area contributed by atoms with Crippen molar-refractivity contribution in [1.82, 2.24) is 4.98 Å². The molecule has 0 aromatic carbocycles. The molecule has 0 aliphatic heterocycles. The summed E-state index contributed by atoms with van der Waals surface area (Å²) in [4.78, 5) is 3.31. The first-order chi connectivity index (χ1) is 7.20. The highest BCUT2D eigenvalue weighted by Crippen LogP contribution is 2.23. The quantitative estimate of drug-likeness (QED) is 0.548. The predicted octanol–water partition coefficient (Wildman–Crippen LogP) is 3.22. The highest BCUT2D eigenvalue weighted by molar-refractivity contribution is 4.98. The van der Waals surface area contributed by atoms with Gasteiger partial charge in [-0.2, -0.15) is 0 Å². The largest absolute Gasteiger partial charge is 0.251 e. The topological polar surface area (TPSA) is 19.7 Å². The molecule has 1 heterocycles. The van der Waals surface area contributed by atoms with E-state index in [1.807, 2.05) is 0 Å². The molecule has 1 unspecified atom stereocenters. The van der Waals surface area contributed by atoms with Gasteiger partial charge < -0.3 is 0 Å². The molecule has 0 aliphatic rings. The number of aryl methyl sites for hydroxylation is 1. The smallest absolute Gasteiger partial charge is 0.248 e. The maximum Gasteiger partial charge on any atom is 0.251 e. The van der Waals surface area contributed by atoms with Crippen LogP contribution in [0.2, 0.25) is 0 Å². The van der Waals surface area contributed by atoms with Crippen molar-refractivity contribution in [2.75, 3.05) is 0 Å². The first kappa shape index (κ1) is 12.3. The molecule has 1 aromatic rings. The molecule has 0 saturated carbocycles. The van der Waals surface area contributed by atoms with Crippen LogP contribution in [0.1, 0.15) is 63.4 Å². The summed E-state index contributed by atoms with van der Waals surface area (Å²) in [5.74, 6) is 1.98. The molecule has 0 saturated heterocycles. The van der Waals surface area contributed by atoms with Gasteiger partial charge in [0.25, 0.3) is 5.82 Å². The van der Waals surface area contributed by atoms with E-state index in [0.29, 0.717) is 0 Å². The summed E-state index contributed by atoms with van der Waals surface area (Å²) in [6.45, 7) is 6.68. The molecule has 2 nitrogen and oxygen atoms in total. The zero-order valence-corrected chi connectivity index (χ0v) is 10.6. The van der Waals surface area contributed by atoms with Crippen LogP contribution in [0.15, 0.2) is 6.20 Å². The summed E-state index contributed by atoms with van der Waals surface area (Å²) < 4.78 is 2.29. The van der Waals surface area contributed by atoms with Gasteiger partial charge in [0.15, 0.2) is 0 Å². The molecule has 86 valence electrons. The zero-order valence-electron chi connectivity index (χ0n) is 10.6. The molecule has 0 fully saturated rings. The van der Waals surface area contributed by atoms with Crippen molar-refractivity contribution in [2.24, 2.45) is 7.05 Å². The molecule has 0 spiro atoms. The van der Waals surface area contributed by atoms with Crippen LogP contribution in [0.5, 0.6) is 0 Å². The van der Waals surface area contributed by atoms with Crippen LogP contribution in [-0.4, -0.2) is 4.98 Å². The summed E-state index contributed by atoms with van der Waals surface area (Å²) >= 11 is 0. The minimum Gasteiger partial charge on any atom is -0.248 e. The van der Waals surface area contributed by atoms with E-state index in [2.05, 4.69) is 43.6 Å². The summed E-state index contributed by atoms with van der Waals surface area (Å²) in [5, 5.41) is 0. The Morgan fingerprint density at radius 3 is 2.53 bits per heavy atom. The van der Waals surface area contributed by atoms with Crippen LogP contribution in [0.25, 0.3) is 0 Å². The lowest BCUT2D eigenvalue weighted by molar-refractivity contribution is -0.685. The van der Waals surface area contributed by atoms with Gasteiger partial charge in [-0.3, -0.25) is 0 Å². The van der Waals surface area contributed by atoms with Crippen LogP contribution < -0.4 is 4.57 Å². The van der Waals surface area contributed by atoms with Gasteiger partial charge in [0.1, 0.15) is 11.9 Å². The molecular formula is C13H25N2+. The van der Waals surface area contributed by atoms with Crippen molar-refractivity contribution in [3.63, 3.8) is 0 Å². The Morgan fingerprint density at radius 2 is 2.07 bits per heavy atom. The maximum atomic E-state index is 3.31. The monoisotopic (exact) mass is 209 g/mol. The number of unbranched alkanes of at least 4 members (excludes halogenated alkanes) is 2. The molecular weight excluding hydrogens is 184 g/mol. The fourth-order valence-corrected chi connectivity index (χ4v) is 2.16. The number of hydrogen-bond acceptors (Lipinski definition) is 0. The minimum absolute atomic E-state index is 0.728. The number of aromatic nitrogens is 2. The highest BCUT2D eigenvalue weighted by Gasteiger charge is 2.19. The lowest BCUT2D eigenvalue weighted by Crippen LogP contribution is -2.35. The third-order valence-electron chi connectivity index (χ3n) is 3.39. The fourth-order valence-electron chi connectivity index (χ4n) is 2.16. The van der Waals surface area contributed by atoms with E-state index in [0.717, 1.165) is 5.92 Å². The van der Waals surface area contributed by atoms with E-state index in [-0.39, 0.29) is 0 Å². The van der Waals surface area contributed by atoms with Crippen LogP contribution in [0, 0.1) is 6.92 Å². The second kappa shape index (κ2) is 5.94. The summed E-state index contributed by atoms with van der Waals surface area (Å²) in [5.41, 5.74) is 1.46. The average Bonchev–Trinajstić information content (AvgIpc) is 2.56. The van der Waals surface area contributed by atoms with E-state index >= 15 is 0 Å². The first-order valence-electron chi connectivity index (χ1n) is 6.24. The van der Waals surface area contributed by atoms with Crippen molar-refractivity contribution < 1.29 is 4.57 Å². The Hall–Kier alpha value is -0.790. The van der Waals surface area contributed by atoms with Crippen LogP contribution >= 0.6 is 0 Å². The van der Waals surface area contributed by atoms with Crippen LogP contribution in [0.3, 0.4) is 0 Å². The molecule has 1 aromatic heterocycles. The van der Waals surface area contributed by atoms with Gasteiger partial charge in [-0.05, 0) is 12.8 Å². The zero-order chi connectivity index (χ0) is 11.3. The molecule has 1 atom stereocenters. The van der Waals surface area contributed by atoms with E-state index in [9.17, 15) is 0 Å². The molecule has 1 rings (SSSR count). The Kier molecular flexibility index (Phi) is 4.86. The number of rotatable bonds is 6. The summed E-state index contributed by atoms with van der Waals surface area (Å²) in [6.07, 6.45) is 8.79. The van der Waals surface area contributed by atoms with Crippen molar-refractivity contribution in [3.8, 4) is 0 Å². The number of hydrogen-bond donors (Lipinski definition) is 1. The Labute approximate surface area is 93.7 Å². The third-order valence-corrected chi connectivity index (χ3v) is 3.39. The Bertz CT molecular complexity index is 289. The summed E-state index contributed by atoms with van der Waals surface area (Å²) in [6, 6.07) is 0. The lowest BCUT2D eigenvalue weighted by Gasteiger charge is -2.11. The van der Waals surface area contributed by atoms with Gasteiger partial charge in [0, 0.05) is 12.8 Å². The summed E-state index contributed by atoms with van der Waals surface area (Å²) in [7, 11) is 2.16. The molecule has 0 amide bonds. The number of aromatic amines is 1. The molecule has 0 aliphatic carbocycles. The first-order valence-corrected chi connectivity index (χ1v) is 6.24. The van der Waals surface area contributed by atoms with Crippen LogP contribution in [0.4, 0.5) is 0 Å². The van der Waals surface area contributed by atoms with E-state index in [1.165, 1.54) is 43.6 Å². The number of nitrogens with zero attached hydrogens (tertiary/aromatic N) is 1. The molecule has 1 N–H and O–H groups in total. The second-order valence-corrected chi connectivity index (χ2v) is 4.46. The van der Waals surface area contributed by atoms with Gasteiger partial charge in [0.05, 0.1) is 7.05 Å². The predicted molar refractivity (Wildman–Crippen MR) is 63.9 cm³/mol. The SMILES string of the molecule is CCCCCC(CC)c1c[nH]c(C)[n+]1C. The molecule has 0 bridgehead atoms. The highest BCUT2D eigenvalue weighted by atomic mass is 15.1.